The summed E-state index contributed by atoms with van der Waals surface area (Å²) in [5.74, 6) is -0.647. The Morgan fingerprint density at radius 3 is 2.89 bits per heavy atom. The van der Waals surface area contributed by atoms with Gasteiger partial charge in [0.25, 0.3) is 0 Å². The van der Waals surface area contributed by atoms with Crippen LogP contribution in [0.3, 0.4) is 0 Å². The van der Waals surface area contributed by atoms with Gasteiger partial charge in [0.2, 0.25) is 0 Å². The molecular formula is C12H11ClFN3O. The first kappa shape index (κ1) is 12.7. The molecule has 0 spiro atoms. The third kappa shape index (κ3) is 2.57. The molecule has 0 aliphatic heterocycles. The molecule has 0 radical (unpaired) electrons. The van der Waals surface area contributed by atoms with E-state index in [-0.39, 0.29) is 16.8 Å². The summed E-state index contributed by atoms with van der Waals surface area (Å²) in [6, 6.07) is 4.54. The minimum absolute atomic E-state index is 0.0113. The average Bonchev–Trinajstić information content (AvgIpc) is 2.35. The van der Waals surface area contributed by atoms with Crippen molar-refractivity contribution < 1.29 is 9.13 Å². The first-order chi connectivity index (χ1) is 8.61. The quantitative estimate of drug-likeness (QED) is 0.929. The van der Waals surface area contributed by atoms with Gasteiger partial charge in [-0.15, -0.1) is 0 Å². The van der Waals surface area contributed by atoms with Gasteiger partial charge in [-0.2, -0.15) is 4.98 Å². The van der Waals surface area contributed by atoms with Gasteiger partial charge >= 0.3 is 6.01 Å². The molecule has 1 aromatic carbocycles. The molecule has 2 aromatic rings. The molecule has 0 saturated carbocycles. The predicted octanol–water partition coefficient (Wildman–Crippen LogP) is 2.83. The lowest BCUT2D eigenvalue weighted by Crippen LogP contribution is -2.03. The molecule has 2 N–H and O–H groups in total. The number of nitrogens with two attached hydrogens (primary N) is 1. The molecule has 6 heteroatoms. The van der Waals surface area contributed by atoms with Crippen LogP contribution in [0, 0.1) is 12.7 Å². The van der Waals surface area contributed by atoms with E-state index in [1.54, 1.807) is 19.2 Å². The van der Waals surface area contributed by atoms with Crippen molar-refractivity contribution in [3.63, 3.8) is 0 Å². The van der Waals surface area contributed by atoms with Gasteiger partial charge in [0.05, 0.1) is 5.02 Å². The number of aromatic nitrogens is 2. The zero-order valence-electron chi connectivity index (χ0n) is 9.65. The van der Waals surface area contributed by atoms with E-state index in [1.165, 1.54) is 12.1 Å². The molecule has 0 atom stereocenters. The van der Waals surface area contributed by atoms with Crippen LogP contribution in [0.25, 0.3) is 0 Å². The molecule has 4 nitrogen and oxygen atoms in total. The molecular weight excluding hydrogens is 257 g/mol. The molecule has 0 amide bonds. The highest BCUT2D eigenvalue weighted by Crippen LogP contribution is 2.27. The molecule has 18 heavy (non-hydrogen) atoms. The van der Waals surface area contributed by atoms with Crippen LogP contribution in [0.2, 0.25) is 5.02 Å². The summed E-state index contributed by atoms with van der Waals surface area (Å²) in [6.45, 7) is 2.13. The van der Waals surface area contributed by atoms with Crippen molar-refractivity contribution in [3.05, 3.63) is 46.5 Å². The van der Waals surface area contributed by atoms with E-state index in [1.807, 2.05) is 0 Å². The van der Waals surface area contributed by atoms with Crippen molar-refractivity contribution in [2.45, 2.75) is 13.5 Å². The van der Waals surface area contributed by atoms with E-state index >= 15 is 0 Å². The van der Waals surface area contributed by atoms with Crippen molar-refractivity contribution in [1.29, 1.82) is 0 Å². The highest BCUT2D eigenvalue weighted by molar-refractivity contribution is 6.30. The van der Waals surface area contributed by atoms with Crippen LogP contribution in [-0.2, 0) is 6.54 Å². The summed E-state index contributed by atoms with van der Waals surface area (Å²) >= 11 is 5.65. The van der Waals surface area contributed by atoms with Crippen molar-refractivity contribution in [1.82, 2.24) is 9.97 Å². The van der Waals surface area contributed by atoms with Gasteiger partial charge in [0.1, 0.15) is 0 Å². The molecule has 0 saturated heterocycles. The topological polar surface area (TPSA) is 61.0 Å². The van der Waals surface area contributed by atoms with Gasteiger partial charge in [0.15, 0.2) is 11.6 Å². The van der Waals surface area contributed by atoms with Crippen molar-refractivity contribution in [2.75, 3.05) is 0 Å². The van der Waals surface area contributed by atoms with Crippen molar-refractivity contribution in [2.24, 2.45) is 5.73 Å². The number of aryl methyl sites for hydroxylation is 1. The SMILES string of the molecule is Cc1nc(Oc2cccc(Cl)c2F)ncc1CN. The largest absolute Gasteiger partial charge is 0.421 e. The minimum atomic E-state index is -0.636. The summed E-state index contributed by atoms with van der Waals surface area (Å²) in [5, 5.41) is -0.0113. The second-order valence-corrected chi connectivity index (χ2v) is 4.03. The number of nitrogens with zero attached hydrogens (tertiary/aromatic N) is 2. The second-order valence-electron chi connectivity index (χ2n) is 3.62. The Balaban J connectivity index is 2.29. The lowest BCUT2D eigenvalue weighted by atomic mass is 10.2. The molecule has 1 heterocycles. The smallest absolute Gasteiger partial charge is 0.322 e. The summed E-state index contributed by atoms with van der Waals surface area (Å²) in [5.41, 5.74) is 7.01. The van der Waals surface area contributed by atoms with Gasteiger partial charge in [-0.3, -0.25) is 0 Å². The maximum atomic E-state index is 13.6. The van der Waals surface area contributed by atoms with Gasteiger partial charge in [-0.1, -0.05) is 17.7 Å². The monoisotopic (exact) mass is 267 g/mol. The zero-order chi connectivity index (χ0) is 13.1. The Hall–Kier alpha value is -1.72. The number of rotatable bonds is 3. The maximum absolute atomic E-state index is 13.6. The minimum Gasteiger partial charge on any atom is -0.421 e. The molecule has 1 aromatic heterocycles. The maximum Gasteiger partial charge on any atom is 0.322 e. The fourth-order valence-corrected chi connectivity index (χ4v) is 1.55. The molecule has 0 bridgehead atoms. The predicted molar refractivity (Wildman–Crippen MR) is 66.1 cm³/mol. The average molecular weight is 268 g/mol. The first-order valence-corrected chi connectivity index (χ1v) is 5.64. The van der Waals surface area contributed by atoms with Crippen LogP contribution in [0.15, 0.2) is 24.4 Å². The van der Waals surface area contributed by atoms with Crippen molar-refractivity contribution >= 4 is 11.6 Å². The lowest BCUT2D eigenvalue weighted by Gasteiger charge is -2.07. The Morgan fingerprint density at radius 2 is 2.22 bits per heavy atom. The summed E-state index contributed by atoms with van der Waals surface area (Å²) in [4.78, 5) is 8.04. The van der Waals surface area contributed by atoms with Gasteiger partial charge in [-0.25, -0.2) is 9.37 Å². The third-order valence-corrected chi connectivity index (χ3v) is 2.69. The molecule has 0 aliphatic rings. The third-order valence-electron chi connectivity index (χ3n) is 2.40. The number of halogens is 2. The number of ether oxygens (including phenoxy) is 1. The van der Waals surface area contributed by atoms with Crippen LogP contribution < -0.4 is 10.5 Å². The van der Waals surface area contributed by atoms with E-state index < -0.39 is 5.82 Å². The Morgan fingerprint density at radius 1 is 1.44 bits per heavy atom. The molecule has 0 aliphatic carbocycles. The van der Waals surface area contributed by atoms with E-state index in [2.05, 4.69) is 9.97 Å². The number of benzene rings is 1. The fourth-order valence-electron chi connectivity index (χ4n) is 1.38. The highest BCUT2D eigenvalue weighted by Gasteiger charge is 2.10. The van der Waals surface area contributed by atoms with Crippen LogP contribution >= 0.6 is 11.6 Å². The van der Waals surface area contributed by atoms with Crippen LogP contribution in [0.4, 0.5) is 4.39 Å². The Kier molecular flexibility index (Phi) is 3.74. The normalized spacial score (nSPS) is 10.4. The molecule has 2 rings (SSSR count). The van der Waals surface area contributed by atoms with Gasteiger partial charge < -0.3 is 10.5 Å². The van der Waals surface area contributed by atoms with E-state index in [4.69, 9.17) is 22.1 Å². The summed E-state index contributed by atoms with van der Waals surface area (Å²) in [6.07, 6.45) is 1.56. The number of hydrogen-bond donors (Lipinski definition) is 1. The zero-order valence-corrected chi connectivity index (χ0v) is 10.4. The van der Waals surface area contributed by atoms with Crippen molar-refractivity contribution in [3.8, 4) is 11.8 Å². The van der Waals surface area contributed by atoms with Crippen LogP contribution in [0.5, 0.6) is 11.8 Å². The van der Waals surface area contributed by atoms with Gasteiger partial charge in [0, 0.05) is 24.0 Å². The van der Waals surface area contributed by atoms with E-state index in [9.17, 15) is 4.39 Å². The van der Waals surface area contributed by atoms with Crippen LogP contribution in [0.1, 0.15) is 11.3 Å². The van der Waals surface area contributed by atoms with Gasteiger partial charge in [-0.05, 0) is 19.1 Å². The van der Waals surface area contributed by atoms with E-state index in [0.29, 0.717) is 12.2 Å². The fraction of sp³-hybridized carbons (Fsp3) is 0.167. The number of hydrogen-bond acceptors (Lipinski definition) is 4. The molecule has 94 valence electrons. The Labute approximate surface area is 109 Å². The lowest BCUT2D eigenvalue weighted by molar-refractivity contribution is 0.409. The molecule has 0 unspecified atom stereocenters. The molecule has 0 fully saturated rings. The standard InChI is InChI=1S/C12H11ClFN3O/c1-7-8(5-15)6-16-12(17-7)18-10-4-2-3-9(13)11(10)14/h2-4,6H,5,15H2,1H3. The summed E-state index contributed by atoms with van der Waals surface area (Å²) < 4.78 is 18.8. The summed E-state index contributed by atoms with van der Waals surface area (Å²) in [7, 11) is 0. The highest BCUT2D eigenvalue weighted by atomic mass is 35.5. The first-order valence-electron chi connectivity index (χ1n) is 5.26. The van der Waals surface area contributed by atoms with Crippen LogP contribution in [-0.4, -0.2) is 9.97 Å². The Bertz CT molecular complexity index is 577. The second kappa shape index (κ2) is 5.29. The van der Waals surface area contributed by atoms with E-state index in [0.717, 1.165) is 5.56 Å².